The summed E-state index contributed by atoms with van der Waals surface area (Å²) in [7, 11) is 0. The van der Waals surface area contributed by atoms with Crippen molar-refractivity contribution in [3.63, 3.8) is 0 Å². The quantitative estimate of drug-likeness (QED) is 0.748. The highest BCUT2D eigenvalue weighted by molar-refractivity contribution is 8.00. The average molecular weight is 324 g/mol. The fourth-order valence-electron chi connectivity index (χ4n) is 2.32. The van der Waals surface area contributed by atoms with Gasteiger partial charge in [0.15, 0.2) is 6.10 Å². The van der Waals surface area contributed by atoms with Gasteiger partial charge in [-0.25, -0.2) is 0 Å². The standard InChI is InChI=1S/C16H20O5S/c1-11(17)20-14-10-22-15(16(14)21-12(2)18)9-19-8-13-6-4-3-5-7-13/h3-7,14-16H,8-10H2,1-2H3/t14-,15+,16+/m1/s1. The molecule has 120 valence electrons. The summed E-state index contributed by atoms with van der Waals surface area (Å²) in [6.45, 7) is 3.66. The van der Waals surface area contributed by atoms with Crippen LogP contribution in [0.3, 0.4) is 0 Å². The van der Waals surface area contributed by atoms with Crippen molar-refractivity contribution in [2.24, 2.45) is 0 Å². The van der Waals surface area contributed by atoms with E-state index in [0.717, 1.165) is 5.56 Å². The molecule has 0 aliphatic carbocycles. The Kier molecular flexibility index (Phi) is 6.27. The fourth-order valence-corrected chi connectivity index (χ4v) is 3.62. The summed E-state index contributed by atoms with van der Waals surface area (Å²) in [6, 6.07) is 9.86. The summed E-state index contributed by atoms with van der Waals surface area (Å²) < 4.78 is 16.3. The summed E-state index contributed by atoms with van der Waals surface area (Å²) in [5.74, 6) is -0.136. The predicted molar refractivity (Wildman–Crippen MR) is 83.5 cm³/mol. The number of carbonyl (C=O) groups excluding carboxylic acids is 2. The van der Waals surface area contributed by atoms with E-state index in [1.54, 1.807) is 11.8 Å². The third kappa shape index (κ3) is 5.03. The molecule has 0 aromatic heterocycles. The zero-order chi connectivity index (χ0) is 15.9. The van der Waals surface area contributed by atoms with Crippen LogP contribution in [0.1, 0.15) is 19.4 Å². The molecule has 0 saturated carbocycles. The second-order valence-electron chi connectivity index (χ2n) is 5.09. The van der Waals surface area contributed by atoms with E-state index in [1.165, 1.54) is 13.8 Å². The first-order chi connectivity index (χ1) is 10.6. The minimum atomic E-state index is -0.456. The molecule has 0 spiro atoms. The van der Waals surface area contributed by atoms with Gasteiger partial charge in [-0.15, -0.1) is 11.8 Å². The van der Waals surface area contributed by atoms with E-state index in [9.17, 15) is 9.59 Å². The van der Waals surface area contributed by atoms with E-state index in [4.69, 9.17) is 14.2 Å². The van der Waals surface area contributed by atoms with Crippen molar-refractivity contribution in [3.8, 4) is 0 Å². The lowest BCUT2D eigenvalue weighted by Gasteiger charge is -2.23. The maximum absolute atomic E-state index is 11.3. The maximum Gasteiger partial charge on any atom is 0.303 e. The molecule has 3 atom stereocenters. The molecule has 1 aromatic rings. The lowest BCUT2D eigenvalue weighted by atomic mass is 10.1. The highest BCUT2D eigenvalue weighted by atomic mass is 32.2. The van der Waals surface area contributed by atoms with Crippen LogP contribution in [0.5, 0.6) is 0 Å². The molecule has 5 nitrogen and oxygen atoms in total. The number of hydrogen-bond acceptors (Lipinski definition) is 6. The van der Waals surface area contributed by atoms with Gasteiger partial charge >= 0.3 is 11.9 Å². The molecule has 0 unspecified atom stereocenters. The first-order valence-corrected chi connectivity index (χ1v) is 8.19. The maximum atomic E-state index is 11.3. The smallest absolute Gasteiger partial charge is 0.303 e. The van der Waals surface area contributed by atoms with Crippen LogP contribution in [-0.4, -0.2) is 41.8 Å². The summed E-state index contributed by atoms with van der Waals surface area (Å²) in [6.07, 6.45) is -0.862. The van der Waals surface area contributed by atoms with E-state index < -0.39 is 12.2 Å². The van der Waals surface area contributed by atoms with Gasteiger partial charge in [0.1, 0.15) is 6.10 Å². The molecule has 1 saturated heterocycles. The van der Waals surface area contributed by atoms with Crippen LogP contribution in [0.25, 0.3) is 0 Å². The third-order valence-electron chi connectivity index (χ3n) is 3.22. The number of esters is 2. The molecule has 0 bridgehead atoms. The summed E-state index contributed by atoms with van der Waals surface area (Å²) in [4.78, 5) is 22.4. The van der Waals surface area contributed by atoms with Gasteiger partial charge in [0.2, 0.25) is 0 Å². The number of ether oxygens (including phenoxy) is 3. The Hall–Kier alpha value is -1.53. The highest BCUT2D eigenvalue weighted by Crippen LogP contribution is 2.32. The first kappa shape index (κ1) is 16.8. The Balaban J connectivity index is 1.88. The number of rotatable bonds is 6. The molecule has 6 heteroatoms. The Morgan fingerprint density at radius 3 is 2.45 bits per heavy atom. The van der Waals surface area contributed by atoms with Crippen LogP contribution >= 0.6 is 11.8 Å². The van der Waals surface area contributed by atoms with Crippen molar-refractivity contribution in [1.29, 1.82) is 0 Å². The van der Waals surface area contributed by atoms with Crippen LogP contribution in [-0.2, 0) is 30.4 Å². The first-order valence-electron chi connectivity index (χ1n) is 7.14. The lowest BCUT2D eigenvalue weighted by Crippen LogP contribution is -2.38. The molecule has 1 aliphatic rings. The van der Waals surface area contributed by atoms with E-state index in [1.807, 2.05) is 30.3 Å². The molecular formula is C16H20O5S. The van der Waals surface area contributed by atoms with Gasteiger partial charge < -0.3 is 14.2 Å². The van der Waals surface area contributed by atoms with Gasteiger partial charge in [-0.1, -0.05) is 30.3 Å². The van der Waals surface area contributed by atoms with Gasteiger partial charge in [0.25, 0.3) is 0 Å². The van der Waals surface area contributed by atoms with E-state index in [0.29, 0.717) is 19.0 Å². The molecule has 0 N–H and O–H groups in total. The molecule has 1 aliphatic heterocycles. The summed E-state index contributed by atoms with van der Waals surface area (Å²) in [5.41, 5.74) is 1.09. The molecule has 1 fully saturated rings. The molecular weight excluding hydrogens is 304 g/mol. The van der Waals surface area contributed by atoms with Crippen LogP contribution < -0.4 is 0 Å². The van der Waals surface area contributed by atoms with Crippen molar-refractivity contribution in [2.75, 3.05) is 12.4 Å². The second-order valence-corrected chi connectivity index (χ2v) is 6.37. The normalized spacial score (nSPS) is 24.0. The number of benzene rings is 1. The Morgan fingerprint density at radius 1 is 1.14 bits per heavy atom. The van der Waals surface area contributed by atoms with Crippen molar-refractivity contribution in [3.05, 3.63) is 35.9 Å². The van der Waals surface area contributed by atoms with Crippen molar-refractivity contribution in [1.82, 2.24) is 0 Å². The summed E-state index contributed by atoms with van der Waals surface area (Å²) >= 11 is 1.60. The van der Waals surface area contributed by atoms with Crippen LogP contribution in [0, 0.1) is 0 Å². The van der Waals surface area contributed by atoms with E-state index >= 15 is 0 Å². The largest absolute Gasteiger partial charge is 0.458 e. The number of carbonyl (C=O) groups is 2. The molecule has 2 rings (SSSR count). The van der Waals surface area contributed by atoms with E-state index in [-0.39, 0.29) is 17.2 Å². The molecule has 0 radical (unpaired) electrons. The third-order valence-corrected chi connectivity index (χ3v) is 4.57. The van der Waals surface area contributed by atoms with Gasteiger partial charge in [-0.3, -0.25) is 9.59 Å². The Labute approximate surface area is 134 Å². The molecule has 1 aromatic carbocycles. The van der Waals surface area contributed by atoms with Crippen molar-refractivity contribution < 1.29 is 23.8 Å². The van der Waals surface area contributed by atoms with Gasteiger partial charge in [-0.2, -0.15) is 0 Å². The predicted octanol–water partition coefficient (Wildman–Crippen LogP) is 2.18. The van der Waals surface area contributed by atoms with Crippen LogP contribution in [0.4, 0.5) is 0 Å². The SMILES string of the molecule is CC(=O)O[C@@H]1[C@H](COCc2ccccc2)SC[C@H]1OC(C)=O. The monoisotopic (exact) mass is 324 g/mol. The number of thioether (sulfide) groups is 1. The number of hydrogen-bond donors (Lipinski definition) is 0. The average Bonchev–Trinajstić information content (AvgIpc) is 2.81. The van der Waals surface area contributed by atoms with Crippen LogP contribution in [0.15, 0.2) is 30.3 Å². The lowest BCUT2D eigenvalue weighted by molar-refractivity contribution is -0.163. The molecule has 1 heterocycles. The topological polar surface area (TPSA) is 61.8 Å². The zero-order valence-corrected chi connectivity index (χ0v) is 13.5. The fraction of sp³-hybridized carbons (Fsp3) is 0.500. The highest BCUT2D eigenvalue weighted by Gasteiger charge is 2.41. The molecule has 0 amide bonds. The minimum absolute atomic E-state index is 0.0306. The van der Waals surface area contributed by atoms with Crippen molar-refractivity contribution >= 4 is 23.7 Å². The Bertz CT molecular complexity index is 505. The van der Waals surface area contributed by atoms with Gasteiger partial charge in [0, 0.05) is 19.6 Å². The van der Waals surface area contributed by atoms with Crippen molar-refractivity contribution in [2.45, 2.75) is 37.9 Å². The Morgan fingerprint density at radius 2 is 1.82 bits per heavy atom. The summed E-state index contributed by atoms with van der Waals surface area (Å²) in [5, 5.41) is -0.0306. The minimum Gasteiger partial charge on any atom is -0.458 e. The molecule has 22 heavy (non-hydrogen) atoms. The van der Waals surface area contributed by atoms with Gasteiger partial charge in [-0.05, 0) is 5.56 Å². The zero-order valence-electron chi connectivity index (χ0n) is 12.7. The van der Waals surface area contributed by atoms with Gasteiger partial charge in [0.05, 0.1) is 18.5 Å². The van der Waals surface area contributed by atoms with Crippen LogP contribution in [0.2, 0.25) is 0 Å². The van der Waals surface area contributed by atoms with E-state index in [2.05, 4.69) is 0 Å². The second kappa shape index (κ2) is 8.19.